The number of benzene rings is 1. The number of anilines is 1. The van der Waals surface area contributed by atoms with Crippen molar-refractivity contribution in [2.45, 2.75) is 26.0 Å². The van der Waals surface area contributed by atoms with Gasteiger partial charge in [0.15, 0.2) is 0 Å². The second-order valence-corrected chi connectivity index (χ2v) is 7.89. The van der Waals surface area contributed by atoms with Crippen LogP contribution in [0.4, 0.5) is 19.0 Å². The zero-order chi connectivity index (χ0) is 26.1. The van der Waals surface area contributed by atoms with Gasteiger partial charge < -0.3 is 15.0 Å². The van der Waals surface area contributed by atoms with E-state index in [2.05, 4.69) is 36.1 Å². The van der Waals surface area contributed by atoms with Gasteiger partial charge in [0.1, 0.15) is 46.8 Å². The molecule has 1 atom stereocenters. The Kier molecular flexibility index (Phi) is 6.14. The number of halogens is 3. The topological polar surface area (TPSA) is 133 Å². The Bertz CT molecular complexity index is 1620. The van der Waals surface area contributed by atoms with Gasteiger partial charge in [0.05, 0.1) is 17.6 Å². The predicted molar refractivity (Wildman–Crippen MR) is 126 cm³/mol. The molecule has 0 radical (unpaired) electrons. The Balaban J connectivity index is 1.68. The van der Waals surface area contributed by atoms with E-state index >= 15 is 0 Å². The summed E-state index contributed by atoms with van der Waals surface area (Å²) >= 11 is 0. The summed E-state index contributed by atoms with van der Waals surface area (Å²) in [6, 6.07) is 10.6. The molecule has 0 bridgehead atoms. The van der Waals surface area contributed by atoms with Gasteiger partial charge >= 0.3 is 6.61 Å². The SMILES string of the molecule is CCC(c1cn(-c2ccccc2F)nn1)n1c(C#N)c(-c2ccc(OC(F)F)nc2)c2c(N)ncnc21. The summed E-state index contributed by atoms with van der Waals surface area (Å²) in [5.74, 6) is -0.625. The molecule has 37 heavy (non-hydrogen) atoms. The van der Waals surface area contributed by atoms with Crippen LogP contribution in [0.1, 0.15) is 30.8 Å². The molecule has 0 saturated heterocycles. The first-order valence-corrected chi connectivity index (χ1v) is 11.1. The summed E-state index contributed by atoms with van der Waals surface area (Å²) in [7, 11) is 0. The van der Waals surface area contributed by atoms with Gasteiger partial charge in [-0.1, -0.05) is 24.3 Å². The number of pyridine rings is 1. The maximum atomic E-state index is 14.3. The van der Waals surface area contributed by atoms with E-state index in [4.69, 9.17) is 5.73 Å². The van der Waals surface area contributed by atoms with Crippen molar-refractivity contribution in [1.82, 2.24) is 34.5 Å². The maximum Gasteiger partial charge on any atom is 0.388 e. The quantitative estimate of drug-likeness (QED) is 0.347. The van der Waals surface area contributed by atoms with Crippen LogP contribution in [0, 0.1) is 17.1 Å². The van der Waals surface area contributed by atoms with Crippen molar-refractivity contribution in [2.24, 2.45) is 0 Å². The highest BCUT2D eigenvalue weighted by Crippen LogP contribution is 2.40. The largest absolute Gasteiger partial charge is 0.417 e. The van der Waals surface area contributed by atoms with Crippen molar-refractivity contribution < 1.29 is 17.9 Å². The summed E-state index contributed by atoms with van der Waals surface area (Å²) < 4.78 is 46.8. The van der Waals surface area contributed by atoms with Crippen LogP contribution in [0.3, 0.4) is 0 Å². The van der Waals surface area contributed by atoms with E-state index in [1.165, 1.54) is 35.4 Å². The molecule has 1 aromatic carbocycles. The molecule has 2 N–H and O–H groups in total. The summed E-state index contributed by atoms with van der Waals surface area (Å²) in [5, 5.41) is 19.0. The number of nitrogen functional groups attached to an aromatic ring is 1. The molecule has 10 nitrogen and oxygen atoms in total. The highest BCUT2D eigenvalue weighted by molar-refractivity contribution is 6.03. The number of nitrogens with zero attached hydrogens (tertiary/aromatic N) is 8. The van der Waals surface area contributed by atoms with Crippen LogP contribution in [-0.4, -0.2) is 41.1 Å². The van der Waals surface area contributed by atoms with Crippen LogP contribution in [0.15, 0.2) is 55.1 Å². The molecule has 0 aliphatic heterocycles. The third kappa shape index (κ3) is 4.18. The number of fused-ring (bicyclic) bond motifs is 1. The highest BCUT2D eigenvalue weighted by Gasteiger charge is 2.28. The molecule has 4 heterocycles. The lowest BCUT2D eigenvalue weighted by atomic mass is 10.0. The molecule has 0 saturated carbocycles. The molecule has 0 aliphatic carbocycles. The Labute approximate surface area is 207 Å². The lowest BCUT2D eigenvalue weighted by Gasteiger charge is -2.16. The molecule has 13 heteroatoms. The molecule has 186 valence electrons. The van der Waals surface area contributed by atoms with Gasteiger partial charge in [-0.15, -0.1) is 5.10 Å². The standard InChI is InChI=1S/C24H18F3N9O/c1-2-16(15-11-35(34-33-15)17-6-4-3-5-14(17)25)36-18(9-28)20(21-22(29)31-12-32-23(21)36)13-7-8-19(30-10-13)37-24(26)27/h3-8,10-12,16,24H,2H2,1H3,(H2,29,31,32). The number of hydrogen-bond donors (Lipinski definition) is 1. The lowest BCUT2D eigenvalue weighted by molar-refractivity contribution is -0.0528. The van der Waals surface area contributed by atoms with Crippen molar-refractivity contribution in [3.63, 3.8) is 0 Å². The molecular formula is C24H18F3N9O. The van der Waals surface area contributed by atoms with Gasteiger partial charge in [0.25, 0.3) is 0 Å². The van der Waals surface area contributed by atoms with Crippen molar-refractivity contribution in [2.75, 3.05) is 5.73 Å². The second kappa shape index (κ2) is 9.57. The minimum absolute atomic E-state index is 0.119. The van der Waals surface area contributed by atoms with Crippen LogP contribution in [0.5, 0.6) is 5.88 Å². The van der Waals surface area contributed by atoms with Crippen LogP contribution >= 0.6 is 0 Å². The molecule has 5 rings (SSSR count). The maximum absolute atomic E-state index is 14.3. The summed E-state index contributed by atoms with van der Waals surface area (Å²) in [6.07, 6.45) is 4.64. The number of ether oxygens (including phenoxy) is 1. The van der Waals surface area contributed by atoms with Crippen molar-refractivity contribution in [3.8, 4) is 28.8 Å². The third-order valence-electron chi connectivity index (χ3n) is 5.80. The summed E-state index contributed by atoms with van der Waals surface area (Å²) in [5.41, 5.74) is 8.24. The number of rotatable bonds is 7. The van der Waals surface area contributed by atoms with Gasteiger partial charge in [-0.05, 0) is 24.6 Å². The van der Waals surface area contributed by atoms with Gasteiger partial charge in [-0.2, -0.15) is 14.0 Å². The number of hydrogen-bond acceptors (Lipinski definition) is 8. The number of nitriles is 1. The van der Waals surface area contributed by atoms with Crippen molar-refractivity contribution in [1.29, 1.82) is 5.26 Å². The molecule has 0 aliphatic rings. The van der Waals surface area contributed by atoms with Gasteiger partial charge in [0.2, 0.25) is 5.88 Å². The van der Waals surface area contributed by atoms with E-state index in [-0.39, 0.29) is 23.1 Å². The fourth-order valence-corrected chi connectivity index (χ4v) is 4.25. The minimum atomic E-state index is -3.03. The Morgan fingerprint density at radius 1 is 1.14 bits per heavy atom. The van der Waals surface area contributed by atoms with Gasteiger partial charge in [0, 0.05) is 23.4 Å². The number of nitrogens with two attached hydrogens (primary N) is 1. The Morgan fingerprint density at radius 3 is 2.62 bits per heavy atom. The van der Waals surface area contributed by atoms with E-state index in [9.17, 15) is 18.4 Å². The Morgan fingerprint density at radius 2 is 1.95 bits per heavy atom. The average Bonchev–Trinajstić information content (AvgIpc) is 3.49. The smallest absolute Gasteiger partial charge is 0.388 e. The first kappa shape index (κ1) is 23.7. The van der Waals surface area contributed by atoms with Crippen LogP contribution in [-0.2, 0) is 0 Å². The number of alkyl halides is 2. The van der Waals surface area contributed by atoms with E-state index in [0.717, 1.165) is 0 Å². The van der Waals surface area contributed by atoms with Gasteiger partial charge in [-0.3, -0.25) is 0 Å². The predicted octanol–water partition coefficient (Wildman–Crippen LogP) is 4.27. The van der Waals surface area contributed by atoms with E-state index < -0.39 is 18.5 Å². The van der Waals surface area contributed by atoms with Crippen LogP contribution < -0.4 is 10.5 Å². The molecule has 5 aromatic rings. The molecule has 0 spiro atoms. The zero-order valence-electron chi connectivity index (χ0n) is 19.3. The fourth-order valence-electron chi connectivity index (χ4n) is 4.25. The monoisotopic (exact) mass is 505 g/mol. The molecule has 1 unspecified atom stereocenters. The third-order valence-corrected chi connectivity index (χ3v) is 5.80. The lowest BCUT2D eigenvalue weighted by Crippen LogP contribution is -2.13. The average molecular weight is 505 g/mol. The zero-order valence-corrected chi connectivity index (χ0v) is 19.3. The number of para-hydroxylation sites is 1. The Hall–Kier alpha value is -4.99. The van der Waals surface area contributed by atoms with E-state index in [1.807, 2.05) is 6.92 Å². The summed E-state index contributed by atoms with van der Waals surface area (Å²) in [4.78, 5) is 12.4. The molecule has 0 fully saturated rings. The van der Waals surface area contributed by atoms with Crippen LogP contribution in [0.2, 0.25) is 0 Å². The first-order chi connectivity index (χ1) is 17.9. The fraction of sp³-hybridized carbons (Fsp3) is 0.167. The molecule has 4 aromatic heterocycles. The van der Waals surface area contributed by atoms with Crippen LogP contribution in [0.25, 0.3) is 27.8 Å². The number of aromatic nitrogens is 7. The summed E-state index contributed by atoms with van der Waals surface area (Å²) in [6.45, 7) is -1.13. The normalized spacial score (nSPS) is 12.1. The van der Waals surface area contributed by atoms with Crippen molar-refractivity contribution >= 4 is 16.9 Å². The first-order valence-electron chi connectivity index (χ1n) is 11.1. The van der Waals surface area contributed by atoms with E-state index in [1.54, 1.807) is 29.0 Å². The van der Waals surface area contributed by atoms with Gasteiger partial charge in [-0.25, -0.2) is 24.0 Å². The van der Waals surface area contributed by atoms with Crippen molar-refractivity contribution in [3.05, 3.63) is 72.3 Å². The highest BCUT2D eigenvalue weighted by atomic mass is 19.3. The molecule has 0 amide bonds. The van der Waals surface area contributed by atoms with E-state index in [0.29, 0.717) is 34.3 Å². The minimum Gasteiger partial charge on any atom is -0.417 e. The second-order valence-electron chi connectivity index (χ2n) is 7.89. The molecular weight excluding hydrogens is 487 g/mol.